The number of hydrogen-bond donors (Lipinski definition) is 0. The molecule has 28 heavy (non-hydrogen) atoms. The average Bonchev–Trinajstić information content (AvgIpc) is 3.39. The van der Waals surface area contributed by atoms with Crippen LogP contribution in [0.5, 0.6) is 0 Å². The van der Waals surface area contributed by atoms with Gasteiger partial charge < -0.3 is 8.98 Å². The maximum atomic E-state index is 13.2. The van der Waals surface area contributed by atoms with E-state index in [0.29, 0.717) is 5.69 Å². The molecule has 0 bridgehead atoms. The van der Waals surface area contributed by atoms with Crippen molar-refractivity contribution in [1.82, 2.24) is 13.9 Å². The second-order valence-corrected chi connectivity index (χ2v) is 7.70. The molecular formula is C21H22N4O2S. The molecule has 0 aliphatic rings. The molecule has 0 aliphatic carbocycles. The van der Waals surface area contributed by atoms with Crippen LogP contribution in [0.4, 0.5) is 5.69 Å². The molecule has 0 atom stereocenters. The summed E-state index contributed by atoms with van der Waals surface area (Å²) in [7, 11) is 1.88. The van der Waals surface area contributed by atoms with Gasteiger partial charge in [0.1, 0.15) is 0 Å². The highest BCUT2D eigenvalue weighted by atomic mass is 32.1. The normalized spacial score (nSPS) is 12.2. The quantitative estimate of drug-likeness (QED) is 0.514. The lowest BCUT2D eigenvalue weighted by molar-refractivity contribution is 0.548. The van der Waals surface area contributed by atoms with Crippen LogP contribution in [0.1, 0.15) is 25.6 Å². The van der Waals surface area contributed by atoms with Crippen LogP contribution in [0.15, 0.2) is 68.3 Å². The summed E-state index contributed by atoms with van der Waals surface area (Å²) in [5.41, 5.74) is 2.92. The topological polar surface area (TPSA) is 57.4 Å². The zero-order valence-corrected chi connectivity index (χ0v) is 17.1. The van der Waals surface area contributed by atoms with Crippen LogP contribution in [-0.2, 0) is 7.05 Å². The Morgan fingerprint density at radius 3 is 2.50 bits per heavy atom. The predicted molar refractivity (Wildman–Crippen MR) is 111 cm³/mol. The third-order valence-corrected chi connectivity index (χ3v) is 5.60. The van der Waals surface area contributed by atoms with Gasteiger partial charge >= 0.3 is 0 Å². The molecule has 3 aromatic heterocycles. The van der Waals surface area contributed by atoms with E-state index < -0.39 is 0 Å². The Morgan fingerprint density at radius 1 is 1.11 bits per heavy atom. The predicted octanol–water partition coefficient (Wildman–Crippen LogP) is 4.42. The van der Waals surface area contributed by atoms with Crippen LogP contribution in [0.3, 0.4) is 0 Å². The Bertz CT molecular complexity index is 1220. The SMILES string of the molecule is Cc1c(N=c2scc(-c3ccco3)n2C(C)C)c(=O)n(-c2ccccc2)n1C. The van der Waals surface area contributed by atoms with Crippen molar-refractivity contribution >= 4 is 17.0 Å². The molecule has 7 heteroatoms. The summed E-state index contributed by atoms with van der Waals surface area (Å²) in [6.07, 6.45) is 1.66. The van der Waals surface area contributed by atoms with Crippen molar-refractivity contribution in [1.29, 1.82) is 0 Å². The fourth-order valence-corrected chi connectivity index (χ4v) is 4.30. The first kappa shape index (κ1) is 18.3. The Hall–Kier alpha value is -3.06. The monoisotopic (exact) mass is 394 g/mol. The van der Waals surface area contributed by atoms with E-state index in [4.69, 9.17) is 9.41 Å². The number of benzene rings is 1. The minimum absolute atomic E-state index is 0.130. The first-order valence-corrected chi connectivity index (χ1v) is 9.99. The van der Waals surface area contributed by atoms with Crippen molar-refractivity contribution in [3.63, 3.8) is 0 Å². The fraction of sp³-hybridized carbons (Fsp3) is 0.238. The zero-order valence-electron chi connectivity index (χ0n) is 16.3. The van der Waals surface area contributed by atoms with E-state index in [2.05, 4.69) is 18.4 Å². The molecule has 0 fully saturated rings. The molecule has 0 amide bonds. The molecule has 1 aromatic carbocycles. The summed E-state index contributed by atoms with van der Waals surface area (Å²) in [5, 5.41) is 2.02. The van der Waals surface area contributed by atoms with Gasteiger partial charge in [-0.3, -0.25) is 9.48 Å². The van der Waals surface area contributed by atoms with Crippen molar-refractivity contribution < 1.29 is 4.42 Å². The number of rotatable bonds is 4. The lowest BCUT2D eigenvalue weighted by Gasteiger charge is -2.10. The fourth-order valence-electron chi connectivity index (χ4n) is 3.28. The van der Waals surface area contributed by atoms with E-state index in [1.807, 2.05) is 66.5 Å². The van der Waals surface area contributed by atoms with Gasteiger partial charge in [0.25, 0.3) is 5.56 Å². The highest BCUT2D eigenvalue weighted by Crippen LogP contribution is 2.24. The number of furan rings is 1. The molecule has 0 radical (unpaired) electrons. The van der Waals surface area contributed by atoms with Gasteiger partial charge in [-0.25, -0.2) is 9.67 Å². The maximum absolute atomic E-state index is 13.2. The van der Waals surface area contributed by atoms with Crippen molar-refractivity contribution in [3.05, 3.63) is 75.0 Å². The Kier molecular flexibility index (Phi) is 4.68. The number of thiazole rings is 1. The molecule has 3 heterocycles. The molecule has 4 aromatic rings. The van der Waals surface area contributed by atoms with E-state index >= 15 is 0 Å². The lowest BCUT2D eigenvalue weighted by atomic mass is 10.3. The van der Waals surface area contributed by atoms with Gasteiger partial charge in [0.15, 0.2) is 16.2 Å². The van der Waals surface area contributed by atoms with E-state index in [0.717, 1.165) is 27.6 Å². The molecule has 144 valence electrons. The Morgan fingerprint density at radius 2 is 1.86 bits per heavy atom. The largest absolute Gasteiger partial charge is 0.463 e. The number of nitrogens with zero attached hydrogens (tertiary/aromatic N) is 4. The maximum Gasteiger partial charge on any atom is 0.297 e. The Labute approximate surface area is 166 Å². The van der Waals surface area contributed by atoms with Gasteiger partial charge in [0.05, 0.1) is 23.3 Å². The molecule has 0 aliphatic heterocycles. The van der Waals surface area contributed by atoms with Crippen LogP contribution >= 0.6 is 11.3 Å². The van der Waals surface area contributed by atoms with E-state index in [-0.39, 0.29) is 11.6 Å². The van der Waals surface area contributed by atoms with Gasteiger partial charge in [0, 0.05) is 18.5 Å². The van der Waals surface area contributed by atoms with Gasteiger partial charge in [-0.15, -0.1) is 11.3 Å². The Balaban J connectivity index is 1.93. The van der Waals surface area contributed by atoms with Crippen molar-refractivity contribution in [2.24, 2.45) is 12.0 Å². The molecule has 0 N–H and O–H groups in total. The highest BCUT2D eigenvalue weighted by Gasteiger charge is 2.18. The molecular weight excluding hydrogens is 372 g/mol. The summed E-state index contributed by atoms with van der Waals surface area (Å²) in [5.74, 6) is 0.790. The minimum Gasteiger partial charge on any atom is -0.463 e. The van der Waals surface area contributed by atoms with Crippen LogP contribution in [0.2, 0.25) is 0 Å². The average molecular weight is 395 g/mol. The van der Waals surface area contributed by atoms with E-state index in [9.17, 15) is 4.79 Å². The summed E-state index contributed by atoms with van der Waals surface area (Å²) in [6.45, 7) is 6.11. The number of aromatic nitrogens is 3. The second kappa shape index (κ2) is 7.16. The zero-order chi connectivity index (χ0) is 19.8. The van der Waals surface area contributed by atoms with Crippen molar-refractivity contribution in [3.8, 4) is 17.1 Å². The van der Waals surface area contributed by atoms with Crippen LogP contribution < -0.4 is 10.4 Å². The highest BCUT2D eigenvalue weighted by molar-refractivity contribution is 7.07. The standard InChI is InChI=1S/C21H22N4O2S/c1-14(2)24-17(18-11-8-12-27-18)13-28-21(24)22-19-15(3)23(4)25(20(19)26)16-9-6-5-7-10-16/h5-14H,1-4H3. The van der Waals surface area contributed by atoms with Gasteiger partial charge in [-0.1, -0.05) is 18.2 Å². The van der Waals surface area contributed by atoms with Crippen LogP contribution in [0, 0.1) is 6.92 Å². The summed E-state index contributed by atoms with van der Waals surface area (Å²) < 4.78 is 11.2. The van der Waals surface area contributed by atoms with Crippen molar-refractivity contribution in [2.75, 3.05) is 0 Å². The molecule has 0 saturated heterocycles. The van der Waals surface area contributed by atoms with Gasteiger partial charge in [-0.2, -0.15) is 0 Å². The van der Waals surface area contributed by atoms with Crippen LogP contribution in [0.25, 0.3) is 17.1 Å². The van der Waals surface area contributed by atoms with E-state index in [1.165, 1.54) is 11.3 Å². The molecule has 0 saturated carbocycles. The lowest BCUT2D eigenvalue weighted by Crippen LogP contribution is -2.20. The molecule has 4 rings (SSSR count). The van der Waals surface area contributed by atoms with Gasteiger partial charge in [-0.05, 0) is 45.0 Å². The third kappa shape index (κ3) is 2.97. The van der Waals surface area contributed by atoms with Gasteiger partial charge in [0.2, 0.25) is 0 Å². The summed E-state index contributed by atoms with van der Waals surface area (Å²) in [4.78, 5) is 18.7. The molecule has 0 spiro atoms. The van der Waals surface area contributed by atoms with E-state index in [1.54, 1.807) is 10.9 Å². The summed E-state index contributed by atoms with van der Waals surface area (Å²) in [6, 6.07) is 13.6. The third-order valence-electron chi connectivity index (χ3n) is 4.76. The molecule has 6 nitrogen and oxygen atoms in total. The second-order valence-electron chi connectivity index (χ2n) is 6.87. The first-order valence-electron chi connectivity index (χ1n) is 9.11. The number of para-hydroxylation sites is 1. The smallest absolute Gasteiger partial charge is 0.297 e. The van der Waals surface area contributed by atoms with Crippen LogP contribution in [-0.4, -0.2) is 13.9 Å². The minimum atomic E-state index is -0.130. The number of hydrogen-bond acceptors (Lipinski definition) is 4. The van der Waals surface area contributed by atoms with Crippen molar-refractivity contribution in [2.45, 2.75) is 26.8 Å². The summed E-state index contributed by atoms with van der Waals surface area (Å²) >= 11 is 1.50. The first-order chi connectivity index (χ1) is 13.5. The molecule has 0 unspecified atom stereocenters.